The normalized spacial score (nSPS) is 27.2. The quantitative estimate of drug-likeness (QED) is 0.748. The first-order valence-corrected chi connectivity index (χ1v) is 11.7. The molecule has 4 nitrogen and oxygen atoms in total. The maximum absolute atomic E-state index is 12.9. The van der Waals surface area contributed by atoms with Gasteiger partial charge in [0.25, 0.3) is 0 Å². The van der Waals surface area contributed by atoms with E-state index in [2.05, 4.69) is 85.0 Å². The Morgan fingerprint density at radius 2 is 1.45 bits per heavy atom. The van der Waals surface area contributed by atoms with Crippen molar-refractivity contribution in [1.29, 1.82) is 0 Å². The number of nitrogens with zero attached hydrogens (tertiary/aromatic N) is 1. The molecular weight excluding hydrogens is 384 g/mol. The van der Waals surface area contributed by atoms with Gasteiger partial charge in [0, 0.05) is 36.6 Å². The molecule has 1 amide bonds. The van der Waals surface area contributed by atoms with Gasteiger partial charge in [0.1, 0.15) is 0 Å². The number of rotatable bonds is 6. The Labute approximate surface area is 187 Å². The Hall–Kier alpha value is -2.17. The number of ether oxygens (including phenoxy) is 1. The van der Waals surface area contributed by atoms with E-state index in [4.69, 9.17) is 4.74 Å². The van der Waals surface area contributed by atoms with Gasteiger partial charge in [0.05, 0.1) is 0 Å². The zero-order valence-corrected chi connectivity index (χ0v) is 19.0. The van der Waals surface area contributed by atoms with Crippen LogP contribution >= 0.6 is 0 Å². The molecule has 0 bridgehead atoms. The second kappa shape index (κ2) is 9.54. The predicted octanol–water partition coefficient (Wildman–Crippen LogP) is 4.50. The number of benzene rings is 2. The van der Waals surface area contributed by atoms with Gasteiger partial charge in [-0.05, 0) is 63.7 Å². The number of hydrogen-bond donors (Lipinski definition) is 1. The highest BCUT2D eigenvalue weighted by molar-refractivity contribution is 5.78. The molecule has 1 saturated heterocycles. The highest BCUT2D eigenvalue weighted by atomic mass is 16.5. The van der Waals surface area contributed by atoms with Crippen molar-refractivity contribution in [3.8, 4) is 0 Å². The van der Waals surface area contributed by atoms with Crippen LogP contribution in [-0.4, -0.2) is 44.7 Å². The van der Waals surface area contributed by atoms with E-state index >= 15 is 0 Å². The van der Waals surface area contributed by atoms with Gasteiger partial charge < -0.3 is 10.1 Å². The summed E-state index contributed by atoms with van der Waals surface area (Å²) in [5.41, 5.74) is 2.77. The zero-order chi connectivity index (χ0) is 21.7. The Bertz CT molecular complexity index is 836. The highest BCUT2D eigenvalue weighted by Crippen LogP contribution is 2.49. The van der Waals surface area contributed by atoms with Gasteiger partial charge in [0.2, 0.25) is 5.91 Å². The molecule has 0 radical (unpaired) electrons. The summed E-state index contributed by atoms with van der Waals surface area (Å²) >= 11 is 0. The van der Waals surface area contributed by atoms with Crippen LogP contribution in [0.25, 0.3) is 0 Å². The van der Waals surface area contributed by atoms with Crippen molar-refractivity contribution in [2.45, 2.75) is 49.5 Å². The SMILES string of the molecule is CN(C)C1(c2ccccc2)CCC(CNC(=O)C2CCOCC2)(c2ccccc2)CC1. The Kier molecular flexibility index (Phi) is 6.78. The number of hydrogen-bond acceptors (Lipinski definition) is 3. The summed E-state index contributed by atoms with van der Waals surface area (Å²) in [5, 5.41) is 3.35. The molecule has 2 aromatic carbocycles. The third kappa shape index (κ3) is 4.56. The molecule has 1 aliphatic carbocycles. The van der Waals surface area contributed by atoms with Gasteiger partial charge in [0.15, 0.2) is 0 Å². The molecule has 0 spiro atoms. The van der Waals surface area contributed by atoms with Crippen molar-refractivity contribution in [3.05, 3.63) is 71.8 Å². The van der Waals surface area contributed by atoms with Crippen molar-refractivity contribution in [2.24, 2.45) is 5.92 Å². The third-order valence-electron chi connectivity index (χ3n) is 7.78. The number of amides is 1. The van der Waals surface area contributed by atoms with E-state index in [-0.39, 0.29) is 22.8 Å². The van der Waals surface area contributed by atoms with Crippen LogP contribution in [0, 0.1) is 5.92 Å². The van der Waals surface area contributed by atoms with Crippen molar-refractivity contribution >= 4 is 5.91 Å². The van der Waals surface area contributed by atoms with E-state index in [0.717, 1.165) is 38.5 Å². The van der Waals surface area contributed by atoms with Gasteiger partial charge >= 0.3 is 0 Å². The maximum Gasteiger partial charge on any atom is 0.223 e. The number of carbonyl (C=O) groups excluding carboxylic acids is 1. The average molecular weight is 421 g/mol. The Balaban J connectivity index is 1.55. The van der Waals surface area contributed by atoms with Crippen molar-refractivity contribution < 1.29 is 9.53 Å². The van der Waals surface area contributed by atoms with Crippen LogP contribution in [-0.2, 0) is 20.5 Å². The molecule has 0 atom stereocenters. The van der Waals surface area contributed by atoms with E-state index in [9.17, 15) is 4.79 Å². The fraction of sp³-hybridized carbons (Fsp3) is 0.519. The minimum absolute atomic E-state index is 0.0175. The monoisotopic (exact) mass is 420 g/mol. The lowest BCUT2D eigenvalue weighted by Gasteiger charge is -2.50. The topological polar surface area (TPSA) is 41.6 Å². The number of carbonyl (C=O) groups is 1. The van der Waals surface area contributed by atoms with E-state index in [1.165, 1.54) is 11.1 Å². The fourth-order valence-corrected chi connectivity index (χ4v) is 5.60. The highest BCUT2D eigenvalue weighted by Gasteiger charge is 2.46. The van der Waals surface area contributed by atoms with E-state index in [0.29, 0.717) is 19.8 Å². The first-order valence-electron chi connectivity index (χ1n) is 11.7. The molecule has 4 rings (SSSR count). The van der Waals surface area contributed by atoms with Crippen molar-refractivity contribution in [1.82, 2.24) is 10.2 Å². The Morgan fingerprint density at radius 3 is 2.00 bits per heavy atom. The molecule has 166 valence electrons. The standard InChI is InChI=1S/C27H36N2O2/c1-29(2)27(24-11-7-4-8-12-24)17-15-26(16-18-27,23-9-5-3-6-10-23)21-28-25(30)22-13-19-31-20-14-22/h3-12,22H,13-21H2,1-2H3,(H,28,30). The molecule has 2 aromatic rings. The lowest BCUT2D eigenvalue weighted by molar-refractivity contribution is -0.128. The Morgan fingerprint density at radius 1 is 0.903 bits per heavy atom. The second-order valence-electron chi connectivity index (χ2n) is 9.54. The van der Waals surface area contributed by atoms with Crippen molar-refractivity contribution in [3.63, 3.8) is 0 Å². The van der Waals surface area contributed by atoms with Crippen LogP contribution in [0.15, 0.2) is 60.7 Å². The summed E-state index contributed by atoms with van der Waals surface area (Å²) in [6.07, 6.45) is 5.93. The molecule has 2 aliphatic rings. The van der Waals surface area contributed by atoms with E-state index < -0.39 is 0 Å². The maximum atomic E-state index is 12.9. The lowest BCUT2D eigenvalue weighted by Crippen LogP contribution is -2.52. The first-order chi connectivity index (χ1) is 15.1. The minimum atomic E-state index is -0.0175. The number of nitrogens with one attached hydrogen (secondary N) is 1. The third-order valence-corrected chi connectivity index (χ3v) is 7.78. The summed E-state index contributed by atoms with van der Waals surface area (Å²) in [4.78, 5) is 15.3. The molecule has 1 N–H and O–H groups in total. The van der Waals surface area contributed by atoms with E-state index in [1.807, 2.05) is 0 Å². The lowest BCUT2D eigenvalue weighted by atomic mass is 9.62. The summed E-state index contributed by atoms with van der Waals surface area (Å²) in [7, 11) is 4.41. The van der Waals surface area contributed by atoms with Gasteiger partial charge in [-0.25, -0.2) is 0 Å². The first kappa shape index (κ1) is 22.0. The second-order valence-corrected chi connectivity index (χ2v) is 9.54. The molecule has 0 aromatic heterocycles. The smallest absolute Gasteiger partial charge is 0.223 e. The van der Waals surface area contributed by atoms with Crippen LogP contribution in [0.2, 0.25) is 0 Å². The molecule has 0 unspecified atom stereocenters. The molecule has 31 heavy (non-hydrogen) atoms. The predicted molar refractivity (Wildman–Crippen MR) is 125 cm³/mol. The fourth-order valence-electron chi connectivity index (χ4n) is 5.60. The van der Waals surface area contributed by atoms with Crippen LogP contribution in [0.5, 0.6) is 0 Å². The van der Waals surface area contributed by atoms with Gasteiger partial charge in [-0.2, -0.15) is 0 Å². The molecule has 4 heteroatoms. The zero-order valence-electron chi connectivity index (χ0n) is 19.0. The summed E-state index contributed by atoms with van der Waals surface area (Å²) in [5.74, 6) is 0.293. The largest absolute Gasteiger partial charge is 0.381 e. The van der Waals surface area contributed by atoms with Crippen molar-refractivity contribution in [2.75, 3.05) is 33.9 Å². The molecule has 1 saturated carbocycles. The van der Waals surface area contributed by atoms with Crippen LogP contribution < -0.4 is 5.32 Å². The summed E-state index contributed by atoms with van der Waals surface area (Å²) in [6, 6.07) is 21.7. The molecular formula is C27H36N2O2. The van der Waals surface area contributed by atoms with Gasteiger partial charge in [-0.1, -0.05) is 60.7 Å². The molecule has 1 aliphatic heterocycles. The average Bonchev–Trinajstić information content (AvgIpc) is 2.84. The van der Waals surface area contributed by atoms with Gasteiger partial charge in [-0.15, -0.1) is 0 Å². The van der Waals surface area contributed by atoms with Crippen LogP contribution in [0.1, 0.15) is 49.7 Å². The summed E-state index contributed by atoms with van der Waals surface area (Å²) in [6.45, 7) is 2.11. The summed E-state index contributed by atoms with van der Waals surface area (Å²) < 4.78 is 5.44. The van der Waals surface area contributed by atoms with E-state index in [1.54, 1.807) is 0 Å². The molecule has 2 fully saturated rings. The van der Waals surface area contributed by atoms with Gasteiger partial charge in [-0.3, -0.25) is 9.69 Å². The van der Waals surface area contributed by atoms with Crippen LogP contribution in [0.4, 0.5) is 0 Å². The van der Waals surface area contributed by atoms with Crippen LogP contribution in [0.3, 0.4) is 0 Å². The molecule has 1 heterocycles. The minimum Gasteiger partial charge on any atom is -0.381 e.